The molecule has 1 aliphatic carbocycles. The molecule has 1 aliphatic rings. The Morgan fingerprint density at radius 3 is 2.74 bits per heavy atom. The number of aromatic amines is 1. The molecule has 2 rings (SSSR count). The Morgan fingerprint density at radius 2 is 2.11 bits per heavy atom. The fraction of sp³-hybridized carbons (Fsp3) is 0.714. The van der Waals surface area contributed by atoms with Crippen LogP contribution in [0.3, 0.4) is 0 Å². The van der Waals surface area contributed by atoms with E-state index in [0.717, 1.165) is 18.8 Å². The number of hydrogen-bond donors (Lipinski definition) is 2. The molecule has 5 nitrogen and oxygen atoms in total. The molecule has 0 atom stereocenters. The van der Waals surface area contributed by atoms with Crippen molar-refractivity contribution in [1.29, 1.82) is 0 Å². The molecule has 0 spiro atoms. The molecule has 106 valence electrons. The van der Waals surface area contributed by atoms with Crippen molar-refractivity contribution in [3.8, 4) is 0 Å². The van der Waals surface area contributed by atoms with Gasteiger partial charge in [0.25, 0.3) is 0 Å². The summed E-state index contributed by atoms with van der Waals surface area (Å²) in [7, 11) is 0. The van der Waals surface area contributed by atoms with Gasteiger partial charge in [-0.05, 0) is 25.9 Å². The van der Waals surface area contributed by atoms with Gasteiger partial charge in [0.2, 0.25) is 5.91 Å². The Hall–Kier alpha value is -1.36. The fourth-order valence-corrected chi connectivity index (χ4v) is 2.68. The molecule has 19 heavy (non-hydrogen) atoms. The lowest BCUT2D eigenvalue weighted by atomic mass is 10.0. The lowest BCUT2D eigenvalue weighted by Crippen LogP contribution is -2.32. The third-order valence-electron chi connectivity index (χ3n) is 3.92. The number of nitrogens with one attached hydrogen (secondary N) is 2. The van der Waals surface area contributed by atoms with Crippen molar-refractivity contribution in [1.82, 2.24) is 15.1 Å². The van der Waals surface area contributed by atoms with Gasteiger partial charge in [-0.2, -0.15) is 5.10 Å². The SMILES string of the molecule is CCN(CC)CC(=O)Nc1cc(C2CCCC2)[nH]n1. The first-order valence-electron chi connectivity index (χ1n) is 7.30. The summed E-state index contributed by atoms with van der Waals surface area (Å²) in [5.74, 6) is 1.26. The summed E-state index contributed by atoms with van der Waals surface area (Å²) in [4.78, 5) is 13.9. The summed E-state index contributed by atoms with van der Waals surface area (Å²) >= 11 is 0. The first-order valence-corrected chi connectivity index (χ1v) is 7.30. The number of likely N-dealkylation sites (N-methyl/N-ethyl adjacent to an activating group) is 1. The highest BCUT2D eigenvalue weighted by molar-refractivity contribution is 5.91. The highest BCUT2D eigenvalue weighted by Gasteiger charge is 2.19. The molecule has 1 heterocycles. The topological polar surface area (TPSA) is 61.0 Å². The van der Waals surface area contributed by atoms with Gasteiger partial charge in [-0.15, -0.1) is 0 Å². The molecule has 0 aliphatic heterocycles. The predicted molar refractivity (Wildman–Crippen MR) is 76.2 cm³/mol. The quantitative estimate of drug-likeness (QED) is 0.829. The van der Waals surface area contributed by atoms with Crippen LogP contribution in [-0.4, -0.2) is 40.6 Å². The second-order valence-electron chi connectivity index (χ2n) is 5.20. The zero-order valence-electron chi connectivity index (χ0n) is 11.9. The summed E-state index contributed by atoms with van der Waals surface area (Å²) in [6.45, 7) is 6.32. The maximum atomic E-state index is 11.9. The van der Waals surface area contributed by atoms with E-state index in [9.17, 15) is 4.79 Å². The van der Waals surface area contributed by atoms with Gasteiger partial charge in [0, 0.05) is 17.7 Å². The van der Waals surface area contributed by atoms with Crippen LogP contribution in [0.4, 0.5) is 5.82 Å². The van der Waals surface area contributed by atoms with Gasteiger partial charge in [0.15, 0.2) is 5.82 Å². The van der Waals surface area contributed by atoms with Crippen LogP contribution in [0, 0.1) is 0 Å². The van der Waals surface area contributed by atoms with Crippen LogP contribution < -0.4 is 5.32 Å². The summed E-state index contributed by atoms with van der Waals surface area (Å²) < 4.78 is 0. The Kier molecular flexibility index (Phi) is 4.96. The number of hydrogen-bond acceptors (Lipinski definition) is 3. The minimum Gasteiger partial charge on any atom is -0.308 e. The Labute approximate surface area is 114 Å². The van der Waals surface area contributed by atoms with Crippen molar-refractivity contribution in [3.05, 3.63) is 11.8 Å². The molecule has 0 unspecified atom stereocenters. The second kappa shape index (κ2) is 6.70. The van der Waals surface area contributed by atoms with Crippen molar-refractivity contribution in [2.24, 2.45) is 0 Å². The summed E-state index contributed by atoms with van der Waals surface area (Å²) in [6.07, 6.45) is 5.06. The summed E-state index contributed by atoms with van der Waals surface area (Å²) in [5.41, 5.74) is 1.16. The molecular weight excluding hydrogens is 240 g/mol. The van der Waals surface area contributed by atoms with Crippen LogP contribution in [0.1, 0.15) is 51.1 Å². The number of rotatable bonds is 6. The van der Waals surface area contributed by atoms with Crippen molar-refractivity contribution in [3.63, 3.8) is 0 Å². The molecule has 1 fully saturated rings. The molecule has 0 radical (unpaired) electrons. The van der Waals surface area contributed by atoms with E-state index >= 15 is 0 Å². The molecule has 0 saturated heterocycles. The molecule has 1 amide bonds. The first kappa shape index (κ1) is 14.1. The maximum Gasteiger partial charge on any atom is 0.239 e. The fourth-order valence-electron chi connectivity index (χ4n) is 2.68. The normalized spacial score (nSPS) is 16.2. The second-order valence-corrected chi connectivity index (χ2v) is 5.20. The summed E-state index contributed by atoms with van der Waals surface area (Å²) in [5, 5.41) is 10.1. The minimum atomic E-state index is 0.00757. The molecule has 0 aromatic carbocycles. The van der Waals surface area contributed by atoms with Crippen molar-refractivity contribution in [2.75, 3.05) is 25.0 Å². The van der Waals surface area contributed by atoms with E-state index in [1.54, 1.807) is 0 Å². The Morgan fingerprint density at radius 1 is 1.42 bits per heavy atom. The molecule has 5 heteroatoms. The maximum absolute atomic E-state index is 11.9. The highest BCUT2D eigenvalue weighted by Crippen LogP contribution is 2.33. The van der Waals surface area contributed by atoms with E-state index in [1.807, 2.05) is 6.07 Å². The van der Waals surface area contributed by atoms with Gasteiger partial charge < -0.3 is 5.32 Å². The largest absolute Gasteiger partial charge is 0.308 e. The number of aromatic nitrogens is 2. The van der Waals surface area contributed by atoms with E-state index in [0.29, 0.717) is 18.3 Å². The predicted octanol–water partition coefficient (Wildman–Crippen LogP) is 2.35. The van der Waals surface area contributed by atoms with Gasteiger partial charge >= 0.3 is 0 Å². The average Bonchev–Trinajstić information content (AvgIpc) is 3.06. The lowest BCUT2D eigenvalue weighted by Gasteiger charge is -2.16. The highest BCUT2D eigenvalue weighted by atomic mass is 16.2. The van der Waals surface area contributed by atoms with Crippen LogP contribution >= 0.6 is 0 Å². The Balaban J connectivity index is 1.87. The number of nitrogens with zero attached hydrogens (tertiary/aromatic N) is 2. The first-order chi connectivity index (χ1) is 9.22. The third-order valence-corrected chi connectivity index (χ3v) is 3.92. The summed E-state index contributed by atoms with van der Waals surface area (Å²) in [6, 6.07) is 1.98. The number of carbonyl (C=O) groups excluding carboxylic acids is 1. The molecule has 0 bridgehead atoms. The van der Waals surface area contributed by atoms with E-state index < -0.39 is 0 Å². The van der Waals surface area contributed by atoms with Crippen LogP contribution in [0.5, 0.6) is 0 Å². The van der Waals surface area contributed by atoms with Gasteiger partial charge in [-0.3, -0.25) is 14.8 Å². The number of carbonyl (C=O) groups is 1. The van der Waals surface area contributed by atoms with Crippen molar-refractivity contribution < 1.29 is 4.79 Å². The number of amides is 1. The van der Waals surface area contributed by atoms with Crippen molar-refractivity contribution in [2.45, 2.75) is 45.4 Å². The van der Waals surface area contributed by atoms with Gasteiger partial charge in [-0.25, -0.2) is 0 Å². The lowest BCUT2D eigenvalue weighted by molar-refractivity contribution is -0.117. The molecule has 1 aromatic rings. The zero-order chi connectivity index (χ0) is 13.7. The van der Waals surface area contributed by atoms with Crippen LogP contribution in [0.2, 0.25) is 0 Å². The van der Waals surface area contributed by atoms with E-state index in [-0.39, 0.29) is 5.91 Å². The van der Waals surface area contributed by atoms with Gasteiger partial charge in [0.1, 0.15) is 0 Å². The standard InChI is InChI=1S/C14H24N4O/c1-3-18(4-2)10-14(19)15-13-9-12(16-17-13)11-7-5-6-8-11/h9,11H,3-8,10H2,1-2H3,(H2,15,16,17,19). The van der Waals surface area contributed by atoms with E-state index in [1.165, 1.54) is 25.7 Å². The number of anilines is 1. The van der Waals surface area contributed by atoms with Crippen LogP contribution in [-0.2, 0) is 4.79 Å². The Bertz CT molecular complexity index is 405. The van der Waals surface area contributed by atoms with E-state index in [4.69, 9.17) is 0 Å². The molecule has 1 saturated carbocycles. The smallest absolute Gasteiger partial charge is 0.239 e. The number of H-pyrrole nitrogens is 1. The van der Waals surface area contributed by atoms with Crippen LogP contribution in [0.15, 0.2) is 6.07 Å². The van der Waals surface area contributed by atoms with Gasteiger partial charge in [0.05, 0.1) is 6.54 Å². The monoisotopic (exact) mass is 264 g/mol. The van der Waals surface area contributed by atoms with Gasteiger partial charge in [-0.1, -0.05) is 26.7 Å². The average molecular weight is 264 g/mol. The third kappa shape index (κ3) is 3.80. The minimum absolute atomic E-state index is 0.00757. The molecule has 2 N–H and O–H groups in total. The van der Waals surface area contributed by atoms with Crippen molar-refractivity contribution >= 4 is 11.7 Å². The zero-order valence-corrected chi connectivity index (χ0v) is 11.9. The van der Waals surface area contributed by atoms with E-state index in [2.05, 4.69) is 34.3 Å². The molecular formula is C14H24N4O. The molecule has 1 aromatic heterocycles. The van der Waals surface area contributed by atoms with Crippen LogP contribution in [0.25, 0.3) is 0 Å².